The Bertz CT molecular complexity index is 758. The van der Waals surface area contributed by atoms with E-state index in [1.807, 2.05) is 13.0 Å². The summed E-state index contributed by atoms with van der Waals surface area (Å²) in [5.74, 6) is 0.0479. The molecule has 8 heteroatoms. The van der Waals surface area contributed by atoms with Gasteiger partial charge in [0.15, 0.2) is 11.5 Å². The van der Waals surface area contributed by atoms with Crippen molar-refractivity contribution in [2.45, 2.75) is 38.7 Å². The summed E-state index contributed by atoms with van der Waals surface area (Å²) in [6.45, 7) is 1.85. The van der Waals surface area contributed by atoms with Gasteiger partial charge in [-0.25, -0.2) is 9.67 Å². The van der Waals surface area contributed by atoms with E-state index >= 15 is 0 Å². The van der Waals surface area contributed by atoms with E-state index in [2.05, 4.69) is 15.3 Å². The second-order valence-electron chi connectivity index (χ2n) is 6.17. The molecule has 1 aliphatic rings. The van der Waals surface area contributed by atoms with Crippen LogP contribution in [0.5, 0.6) is 5.75 Å². The van der Waals surface area contributed by atoms with E-state index < -0.39 is 5.97 Å². The van der Waals surface area contributed by atoms with Gasteiger partial charge >= 0.3 is 5.97 Å². The Kier molecular flexibility index (Phi) is 4.37. The number of nitrogen functional groups attached to an aromatic ring is 1. The molecule has 2 atom stereocenters. The van der Waals surface area contributed by atoms with E-state index in [9.17, 15) is 9.90 Å². The summed E-state index contributed by atoms with van der Waals surface area (Å²) < 4.78 is 7.49. The number of nitrogens with zero attached hydrogens (tertiary/aromatic N) is 4. The molecule has 0 amide bonds. The van der Waals surface area contributed by atoms with Gasteiger partial charge in [0, 0.05) is 7.05 Å². The second-order valence-corrected chi connectivity index (χ2v) is 6.17. The Labute approximate surface area is 139 Å². The van der Waals surface area contributed by atoms with Crippen LogP contribution in [0.1, 0.15) is 31.4 Å². The number of pyridine rings is 1. The summed E-state index contributed by atoms with van der Waals surface area (Å²) in [7, 11) is 1.72. The maximum absolute atomic E-state index is 11.2. The van der Waals surface area contributed by atoms with Crippen molar-refractivity contribution in [1.82, 2.24) is 20.0 Å². The molecule has 0 aromatic carbocycles. The van der Waals surface area contributed by atoms with Crippen molar-refractivity contribution < 1.29 is 14.6 Å². The van der Waals surface area contributed by atoms with Crippen molar-refractivity contribution in [1.29, 1.82) is 0 Å². The van der Waals surface area contributed by atoms with Gasteiger partial charge in [-0.3, -0.25) is 4.79 Å². The minimum atomic E-state index is -0.744. The number of anilines is 1. The van der Waals surface area contributed by atoms with E-state index in [1.54, 1.807) is 13.1 Å². The van der Waals surface area contributed by atoms with Gasteiger partial charge < -0.3 is 15.6 Å². The quantitative estimate of drug-likeness (QED) is 0.877. The van der Waals surface area contributed by atoms with E-state index in [0.717, 1.165) is 25.0 Å². The molecule has 0 unspecified atom stereocenters. The van der Waals surface area contributed by atoms with Crippen molar-refractivity contribution in [3.63, 3.8) is 0 Å². The Morgan fingerprint density at radius 1 is 1.42 bits per heavy atom. The van der Waals surface area contributed by atoms with Crippen LogP contribution in [-0.2, 0) is 11.8 Å². The number of carboxylic acid groups (broad SMARTS) is 1. The van der Waals surface area contributed by atoms with Crippen LogP contribution in [0.15, 0.2) is 12.1 Å². The van der Waals surface area contributed by atoms with Crippen LogP contribution in [0, 0.1) is 12.8 Å². The van der Waals surface area contributed by atoms with Gasteiger partial charge in [-0.1, -0.05) is 5.21 Å². The van der Waals surface area contributed by atoms with E-state index in [-0.39, 0.29) is 12.0 Å². The van der Waals surface area contributed by atoms with Crippen molar-refractivity contribution in [3.8, 4) is 17.1 Å². The molecule has 8 nitrogen and oxygen atoms in total. The smallest absolute Gasteiger partial charge is 0.306 e. The Morgan fingerprint density at radius 3 is 2.83 bits per heavy atom. The van der Waals surface area contributed by atoms with Gasteiger partial charge in [-0.2, -0.15) is 0 Å². The summed E-state index contributed by atoms with van der Waals surface area (Å²) in [5.41, 5.74) is 7.82. The Morgan fingerprint density at radius 2 is 2.21 bits per heavy atom. The molecule has 0 bridgehead atoms. The molecule has 2 aromatic rings. The predicted molar refractivity (Wildman–Crippen MR) is 87.4 cm³/mol. The molecule has 128 valence electrons. The summed E-state index contributed by atoms with van der Waals surface area (Å²) in [4.78, 5) is 15.7. The lowest BCUT2D eigenvalue weighted by Crippen LogP contribution is -2.29. The van der Waals surface area contributed by atoms with Crippen molar-refractivity contribution >= 4 is 11.8 Å². The third kappa shape index (κ3) is 3.17. The maximum atomic E-state index is 11.2. The molecule has 0 saturated heterocycles. The standard InChI is InChI=1S/C16H21N5O3/c1-9-13(24-11-5-3-4-10(8-11)16(22)23)7-6-12(18-9)14-15(17)21(2)20-19-14/h6-7,10-11H,3-5,8,17H2,1-2H3,(H,22,23)/t10-,11-/m0/s1. The zero-order chi connectivity index (χ0) is 17.3. The van der Waals surface area contributed by atoms with Gasteiger partial charge in [0.1, 0.15) is 5.75 Å². The number of hydrogen-bond donors (Lipinski definition) is 2. The third-order valence-electron chi connectivity index (χ3n) is 4.42. The highest BCUT2D eigenvalue weighted by atomic mass is 16.5. The summed E-state index contributed by atoms with van der Waals surface area (Å²) in [6, 6.07) is 3.62. The summed E-state index contributed by atoms with van der Waals surface area (Å²) >= 11 is 0. The molecule has 2 aromatic heterocycles. The van der Waals surface area contributed by atoms with Gasteiger partial charge in [-0.05, 0) is 44.7 Å². The number of aliphatic carboxylic acids is 1. The van der Waals surface area contributed by atoms with E-state index in [4.69, 9.17) is 10.5 Å². The molecule has 0 spiro atoms. The summed E-state index contributed by atoms with van der Waals surface area (Å²) in [5, 5.41) is 17.1. The highest BCUT2D eigenvalue weighted by Crippen LogP contribution is 2.30. The second kappa shape index (κ2) is 6.46. The van der Waals surface area contributed by atoms with Gasteiger partial charge in [0.25, 0.3) is 0 Å². The van der Waals surface area contributed by atoms with Crippen molar-refractivity contribution in [2.75, 3.05) is 5.73 Å². The number of carboxylic acids is 1. The maximum Gasteiger partial charge on any atom is 0.306 e. The molecular weight excluding hydrogens is 310 g/mol. The molecule has 2 heterocycles. The fraction of sp³-hybridized carbons (Fsp3) is 0.500. The monoisotopic (exact) mass is 331 g/mol. The van der Waals surface area contributed by atoms with Gasteiger partial charge in [0.2, 0.25) is 0 Å². The average Bonchev–Trinajstić information content (AvgIpc) is 2.89. The van der Waals surface area contributed by atoms with Gasteiger partial charge in [-0.15, -0.1) is 5.10 Å². The van der Waals surface area contributed by atoms with Crippen molar-refractivity contribution in [2.24, 2.45) is 13.0 Å². The minimum Gasteiger partial charge on any atom is -0.489 e. The zero-order valence-electron chi connectivity index (χ0n) is 13.8. The molecule has 1 fully saturated rings. The van der Waals surface area contributed by atoms with Crippen LogP contribution < -0.4 is 10.5 Å². The largest absolute Gasteiger partial charge is 0.489 e. The number of hydrogen-bond acceptors (Lipinski definition) is 6. The first-order valence-corrected chi connectivity index (χ1v) is 7.98. The normalized spacial score (nSPS) is 20.8. The highest BCUT2D eigenvalue weighted by Gasteiger charge is 2.28. The topological polar surface area (TPSA) is 116 Å². The van der Waals surface area contributed by atoms with Crippen LogP contribution in [-0.4, -0.2) is 37.2 Å². The number of aromatic nitrogens is 4. The molecule has 1 saturated carbocycles. The predicted octanol–water partition coefficient (Wildman–Crippen LogP) is 1.79. The van der Waals surface area contributed by atoms with Crippen LogP contribution >= 0.6 is 0 Å². The molecule has 1 aliphatic carbocycles. The number of carbonyl (C=O) groups is 1. The number of aryl methyl sites for hydroxylation is 2. The first-order chi connectivity index (χ1) is 11.5. The zero-order valence-corrected chi connectivity index (χ0v) is 13.8. The minimum absolute atomic E-state index is 0.0900. The van der Waals surface area contributed by atoms with E-state index in [0.29, 0.717) is 29.4 Å². The van der Waals surface area contributed by atoms with Crippen LogP contribution in [0.4, 0.5) is 5.82 Å². The lowest BCUT2D eigenvalue weighted by molar-refractivity contribution is -0.143. The lowest BCUT2D eigenvalue weighted by atomic mass is 9.87. The SMILES string of the molecule is Cc1nc(-c2nnn(C)c2N)ccc1O[C@H]1CCC[C@H](C(=O)O)C1. The highest BCUT2D eigenvalue weighted by molar-refractivity contribution is 5.70. The Hall–Kier alpha value is -2.64. The first-order valence-electron chi connectivity index (χ1n) is 7.98. The lowest BCUT2D eigenvalue weighted by Gasteiger charge is -2.27. The fourth-order valence-electron chi connectivity index (χ4n) is 3.01. The van der Waals surface area contributed by atoms with Crippen LogP contribution in [0.2, 0.25) is 0 Å². The van der Waals surface area contributed by atoms with E-state index in [1.165, 1.54) is 4.68 Å². The molecule has 24 heavy (non-hydrogen) atoms. The number of rotatable bonds is 4. The van der Waals surface area contributed by atoms with Crippen molar-refractivity contribution in [3.05, 3.63) is 17.8 Å². The molecule has 0 radical (unpaired) electrons. The fourth-order valence-corrected chi connectivity index (χ4v) is 3.01. The molecule has 3 rings (SSSR count). The third-order valence-corrected chi connectivity index (χ3v) is 4.42. The van der Waals surface area contributed by atoms with Crippen LogP contribution in [0.25, 0.3) is 11.4 Å². The molecular formula is C16H21N5O3. The summed E-state index contributed by atoms with van der Waals surface area (Å²) in [6.07, 6.45) is 2.89. The van der Waals surface area contributed by atoms with Crippen LogP contribution in [0.3, 0.4) is 0 Å². The molecule has 0 aliphatic heterocycles. The molecule has 3 N–H and O–H groups in total. The Balaban J connectivity index is 1.76. The first kappa shape index (κ1) is 16.2. The number of nitrogens with two attached hydrogens (primary N) is 1. The van der Waals surface area contributed by atoms with Gasteiger partial charge in [0.05, 0.1) is 23.4 Å². The average molecular weight is 331 g/mol. The number of ether oxygens (including phenoxy) is 1.